The second-order valence-electron chi connectivity index (χ2n) is 5.48. The number of nitrogens with two attached hydrogens (primary N) is 1. The lowest BCUT2D eigenvalue weighted by molar-refractivity contribution is 0.552. The summed E-state index contributed by atoms with van der Waals surface area (Å²) >= 11 is 10.3. The van der Waals surface area contributed by atoms with Crippen LogP contribution in [0.3, 0.4) is 0 Å². The Labute approximate surface area is 134 Å². The quantitative estimate of drug-likeness (QED) is 0.786. The molecule has 0 bridgehead atoms. The van der Waals surface area contributed by atoms with Crippen molar-refractivity contribution in [1.82, 2.24) is 9.59 Å². The van der Waals surface area contributed by atoms with Crippen LogP contribution in [-0.2, 0) is 5.41 Å². The third-order valence-corrected chi connectivity index (χ3v) is 4.97. The summed E-state index contributed by atoms with van der Waals surface area (Å²) in [5, 5.41) is 4.16. The number of hydrogen-bond donors (Lipinski definition) is 1. The number of benzene rings is 1. The zero-order chi connectivity index (χ0) is 15.1. The predicted octanol–water partition coefficient (Wildman–Crippen LogP) is 4.44. The molecule has 0 aliphatic rings. The lowest BCUT2D eigenvalue weighted by atomic mass is 9.89. The maximum Gasteiger partial charge on any atom is 0.148 e. The number of rotatable bonds is 2. The van der Waals surface area contributed by atoms with Gasteiger partial charge in [0, 0.05) is 15.5 Å². The first-order chi connectivity index (χ1) is 9.23. The Kier molecular flexibility index (Phi) is 4.49. The van der Waals surface area contributed by atoms with Gasteiger partial charge in [0.2, 0.25) is 0 Å². The van der Waals surface area contributed by atoms with Crippen molar-refractivity contribution in [2.24, 2.45) is 5.73 Å². The number of nitrogens with zero attached hydrogens (tertiary/aromatic N) is 2. The van der Waals surface area contributed by atoms with E-state index < -0.39 is 11.9 Å². The van der Waals surface area contributed by atoms with Crippen molar-refractivity contribution in [3.8, 4) is 0 Å². The molecule has 1 heterocycles. The monoisotopic (exact) mass is 377 g/mol. The van der Waals surface area contributed by atoms with Gasteiger partial charge in [0.1, 0.15) is 5.82 Å². The summed E-state index contributed by atoms with van der Waals surface area (Å²) in [7, 11) is 0. The van der Waals surface area contributed by atoms with Crippen LogP contribution in [0.15, 0.2) is 16.6 Å². The topological polar surface area (TPSA) is 51.8 Å². The molecule has 1 atom stereocenters. The van der Waals surface area contributed by atoms with Crippen LogP contribution in [0.4, 0.5) is 4.39 Å². The van der Waals surface area contributed by atoms with Gasteiger partial charge in [-0.05, 0) is 33.5 Å². The molecule has 0 radical (unpaired) electrons. The first-order valence-electron chi connectivity index (χ1n) is 5.95. The first-order valence-corrected chi connectivity index (χ1v) is 7.89. The van der Waals surface area contributed by atoms with Gasteiger partial charge >= 0.3 is 0 Å². The molecule has 0 amide bonds. The second kappa shape index (κ2) is 5.67. The van der Waals surface area contributed by atoms with Crippen LogP contribution in [0.2, 0.25) is 5.02 Å². The molecule has 0 aliphatic heterocycles. The minimum atomic E-state index is -0.630. The summed E-state index contributed by atoms with van der Waals surface area (Å²) < 4.78 is 18.7. The van der Waals surface area contributed by atoms with Crippen molar-refractivity contribution < 1.29 is 4.39 Å². The standard InChI is InChI=1S/C13H14BrClFN3S/c1-13(2,3)12-11(20-19-18-12)10(17)6-4-5-7(14)8(15)9(6)16/h4-5,10H,17H2,1-3H3. The van der Waals surface area contributed by atoms with Crippen LogP contribution < -0.4 is 5.73 Å². The minimum Gasteiger partial charge on any atom is -0.319 e. The third-order valence-electron chi connectivity index (χ3n) is 2.91. The van der Waals surface area contributed by atoms with E-state index in [1.807, 2.05) is 20.8 Å². The van der Waals surface area contributed by atoms with Crippen molar-refractivity contribution in [1.29, 1.82) is 0 Å². The van der Waals surface area contributed by atoms with E-state index in [-0.39, 0.29) is 10.4 Å². The SMILES string of the molecule is CC(C)(C)c1nnsc1C(N)c1ccc(Br)c(Cl)c1F. The molecule has 3 nitrogen and oxygen atoms in total. The number of halogens is 3. The molecule has 1 unspecified atom stereocenters. The van der Waals surface area contributed by atoms with E-state index in [4.69, 9.17) is 17.3 Å². The van der Waals surface area contributed by atoms with E-state index in [0.717, 1.165) is 10.6 Å². The number of aromatic nitrogens is 2. The Morgan fingerprint density at radius 3 is 2.65 bits per heavy atom. The van der Waals surface area contributed by atoms with E-state index >= 15 is 0 Å². The molecule has 2 N–H and O–H groups in total. The summed E-state index contributed by atoms with van der Waals surface area (Å²) in [6.07, 6.45) is 0. The Balaban J connectivity index is 2.50. The van der Waals surface area contributed by atoms with Crippen molar-refractivity contribution in [3.05, 3.63) is 43.6 Å². The lowest BCUT2D eigenvalue weighted by Crippen LogP contribution is -2.20. The van der Waals surface area contributed by atoms with Gasteiger partial charge in [0.05, 0.1) is 21.6 Å². The summed E-state index contributed by atoms with van der Waals surface area (Å²) in [6, 6.07) is 2.68. The van der Waals surface area contributed by atoms with E-state index in [0.29, 0.717) is 10.0 Å². The molecule has 108 valence electrons. The van der Waals surface area contributed by atoms with Crippen LogP contribution in [0.1, 0.15) is 42.9 Å². The highest BCUT2D eigenvalue weighted by atomic mass is 79.9. The van der Waals surface area contributed by atoms with Crippen molar-refractivity contribution in [3.63, 3.8) is 0 Å². The summed E-state index contributed by atoms with van der Waals surface area (Å²) in [4.78, 5) is 0.759. The Morgan fingerprint density at radius 1 is 1.40 bits per heavy atom. The largest absolute Gasteiger partial charge is 0.319 e. The fourth-order valence-corrected chi connectivity index (χ4v) is 3.21. The van der Waals surface area contributed by atoms with Gasteiger partial charge < -0.3 is 5.73 Å². The van der Waals surface area contributed by atoms with E-state index in [1.165, 1.54) is 11.5 Å². The summed E-state index contributed by atoms with van der Waals surface area (Å²) in [5.74, 6) is -0.512. The lowest BCUT2D eigenvalue weighted by Gasteiger charge is -2.20. The minimum absolute atomic E-state index is 0.0349. The van der Waals surface area contributed by atoms with Crippen molar-refractivity contribution in [2.75, 3.05) is 0 Å². The zero-order valence-corrected chi connectivity index (χ0v) is 14.4. The van der Waals surface area contributed by atoms with Crippen LogP contribution in [0, 0.1) is 5.82 Å². The maximum absolute atomic E-state index is 14.3. The highest BCUT2D eigenvalue weighted by molar-refractivity contribution is 9.10. The van der Waals surface area contributed by atoms with Crippen LogP contribution in [0.5, 0.6) is 0 Å². The molecule has 7 heteroatoms. The normalized spacial score (nSPS) is 13.6. The molecule has 1 aromatic carbocycles. The number of hydrogen-bond acceptors (Lipinski definition) is 4. The molecule has 2 rings (SSSR count). The van der Waals surface area contributed by atoms with Gasteiger partial charge in [-0.3, -0.25) is 0 Å². The highest BCUT2D eigenvalue weighted by Gasteiger charge is 2.28. The molecule has 0 aliphatic carbocycles. The average Bonchev–Trinajstić information content (AvgIpc) is 2.84. The Bertz CT molecular complexity index is 639. The Morgan fingerprint density at radius 2 is 2.05 bits per heavy atom. The average molecular weight is 379 g/mol. The van der Waals surface area contributed by atoms with Gasteiger partial charge in [0.25, 0.3) is 0 Å². The molecular weight excluding hydrogens is 365 g/mol. The van der Waals surface area contributed by atoms with Crippen LogP contribution >= 0.6 is 39.1 Å². The maximum atomic E-state index is 14.3. The van der Waals surface area contributed by atoms with Gasteiger partial charge in [-0.15, -0.1) is 5.10 Å². The Hall–Kier alpha value is -0.560. The highest BCUT2D eigenvalue weighted by Crippen LogP contribution is 2.36. The zero-order valence-electron chi connectivity index (χ0n) is 11.2. The molecule has 0 saturated heterocycles. The summed E-state index contributed by atoms with van der Waals surface area (Å²) in [5.41, 5.74) is 7.12. The van der Waals surface area contributed by atoms with Crippen molar-refractivity contribution in [2.45, 2.75) is 32.2 Å². The van der Waals surface area contributed by atoms with E-state index in [2.05, 4.69) is 25.5 Å². The molecule has 20 heavy (non-hydrogen) atoms. The molecule has 0 saturated carbocycles. The smallest absolute Gasteiger partial charge is 0.148 e. The van der Waals surface area contributed by atoms with E-state index in [1.54, 1.807) is 12.1 Å². The van der Waals surface area contributed by atoms with Gasteiger partial charge in [-0.25, -0.2) is 4.39 Å². The molecule has 2 aromatic rings. The first kappa shape index (κ1) is 15.8. The summed E-state index contributed by atoms with van der Waals surface area (Å²) in [6.45, 7) is 6.06. The fourth-order valence-electron chi connectivity index (χ4n) is 1.84. The van der Waals surface area contributed by atoms with Crippen LogP contribution in [-0.4, -0.2) is 9.59 Å². The molecule has 0 spiro atoms. The fraction of sp³-hybridized carbons (Fsp3) is 0.385. The van der Waals surface area contributed by atoms with Gasteiger partial charge in [0.15, 0.2) is 0 Å². The van der Waals surface area contributed by atoms with Gasteiger partial charge in [-0.1, -0.05) is 42.9 Å². The molecular formula is C13H14BrClFN3S. The molecule has 0 fully saturated rings. The van der Waals surface area contributed by atoms with Crippen molar-refractivity contribution >= 4 is 39.1 Å². The third kappa shape index (κ3) is 2.88. The van der Waals surface area contributed by atoms with E-state index in [9.17, 15) is 4.39 Å². The predicted molar refractivity (Wildman–Crippen MR) is 83.7 cm³/mol. The van der Waals surface area contributed by atoms with Crippen LogP contribution in [0.25, 0.3) is 0 Å². The van der Waals surface area contributed by atoms with Gasteiger partial charge in [-0.2, -0.15) is 0 Å². The molecule has 1 aromatic heterocycles. The second-order valence-corrected chi connectivity index (χ2v) is 7.50.